The van der Waals surface area contributed by atoms with E-state index >= 15 is 0 Å². The highest BCUT2D eigenvalue weighted by atomic mass is 15.1. The molecule has 0 bridgehead atoms. The summed E-state index contributed by atoms with van der Waals surface area (Å²) in [6, 6.07) is 11.0. The topological polar surface area (TPSA) is 3.24 Å². The van der Waals surface area contributed by atoms with Gasteiger partial charge < -0.3 is 4.90 Å². The van der Waals surface area contributed by atoms with Crippen LogP contribution in [-0.2, 0) is 6.42 Å². The van der Waals surface area contributed by atoms with Crippen LogP contribution in [0.5, 0.6) is 0 Å². The summed E-state index contributed by atoms with van der Waals surface area (Å²) in [7, 11) is 0. The van der Waals surface area contributed by atoms with E-state index in [1.807, 2.05) is 0 Å². The molecule has 0 N–H and O–H groups in total. The Hall–Kier alpha value is -1.60. The van der Waals surface area contributed by atoms with Crippen LogP contribution < -0.4 is 0 Å². The number of likely N-dealkylation sites (tertiary alicyclic amines) is 1. The fourth-order valence-electron chi connectivity index (χ4n) is 5.12. The third-order valence-electron chi connectivity index (χ3n) is 6.73. The molecule has 1 aromatic carbocycles. The van der Waals surface area contributed by atoms with Crippen molar-refractivity contribution in [2.45, 2.75) is 38.5 Å². The van der Waals surface area contributed by atoms with E-state index in [2.05, 4.69) is 71.7 Å². The van der Waals surface area contributed by atoms with Crippen LogP contribution in [0, 0.1) is 23.7 Å². The van der Waals surface area contributed by atoms with E-state index in [9.17, 15) is 0 Å². The maximum Gasteiger partial charge on any atom is -0.00129 e. The highest BCUT2D eigenvalue weighted by Gasteiger charge is 2.29. The predicted molar refractivity (Wildman–Crippen MR) is 111 cm³/mol. The Kier molecular flexibility index (Phi) is 6.07. The van der Waals surface area contributed by atoms with Crippen LogP contribution in [0.25, 0.3) is 0 Å². The van der Waals surface area contributed by atoms with Gasteiger partial charge in [-0.25, -0.2) is 0 Å². The molecule has 138 valence electrons. The van der Waals surface area contributed by atoms with Crippen LogP contribution in [-0.4, -0.2) is 24.5 Å². The molecule has 3 unspecified atom stereocenters. The molecule has 0 aromatic heterocycles. The van der Waals surface area contributed by atoms with Crippen LogP contribution in [0.3, 0.4) is 0 Å². The highest BCUT2D eigenvalue weighted by Crippen LogP contribution is 2.37. The van der Waals surface area contributed by atoms with Crippen molar-refractivity contribution in [3.05, 3.63) is 72.4 Å². The molecule has 1 heteroatoms. The van der Waals surface area contributed by atoms with Crippen molar-refractivity contribution in [1.29, 1.82) is 0 Å². The van der Waals surface area contributed by atoms with Gasteiger partial charge in [0.1, 0.15) is 0 Å². The molecule has 3 aliphatic rings. The van der Waals surface area contributed by atoms with E-state index in [0.29, 0.717) is 0 Å². The van der Waals surface area contributed by atoms with Gasteiger partial charge in [0.05, 0.1) is 0 Å². The van der Waals surface area contributed by atoms with Gasteiger partial charge in [-0.3, -0.25) is 0 Å². The van der Waals surface area contributed by atoms with Crippen molar-refractivity contribution >= 4 is 0 Å². The van der Waals surface area contributed by atoms with E-state index in [-0.39, 0.29) is 0 Å². The van der Waals surface area contributed by atoms with Crippen LogP contribution in [0.15, 0.2) is 66.8 Å². The van der Waals surface area contributed by atoms with E-state index in [1.165, 1.54) is 63.7 Å². The Labute approximate surface area is 159 Å². The molecule has 1 aromatic rings. The van der Waals surface area contributed by atoms with Crippen molar-refractivity contribution in [2.75, 3.05) is 19.6 Å². The molecule has 1 fully saturated rings. The lowest BCUT2D eigenvalue weighted by atomic mass is 9.73. The lowest BCUT2D eigenvalue weighted by Gasteiger charge is -2.36. The molecule has 1 nitrogen and oxygen atoms in total. The second kappa shape index (κ2) is 8.86. The monoisotopic (exact) mass is 347 g/mol. The molecule has 1 aliphatic heterocycles. The zero-order chi connectivity index (χ0) is 17.6. The Morgan fingerprint density at radius 1 is 0.885 bits per heavy atom. The van der Waals surface area contributed by atoms with Crippen LogP contribution in [0.1, 0.15) is 37.7 Å². The van der Waals surface area contributed by atoms with E-state index in [0.717, 1.165) is 23.7 Å². The van der Waals surface area contributed by atoms with Crippen molar-refractivity contribution in [3.63, 3.8) is 0 Å². The van der Waals surface area contributed by atoms with Crippen LogP contribution >= 0.6 is 0 Å². The molecule has 0 spiro atoms. The maximum atomic E-state index is 2.72. The Morgan fingerprint density at radius 2 is 1.69 bits per heavy atom. The van der Waals surface area contributed by atoms with Gasteiger partial charge in [-0.05, 0) is 87.4 Å². The Bertz CT molecular complexity index is 633. The minimum Gasteiger partial charge on any atom is -0.303 e. The normalized spacial score (nSPS) is 29.5. The molecule has 3 atom stereocenters. The van der Waals surface area contributed by atoms with Gasteiger partial charge in [-0.15, -0.1) is 0 Å². The van der Waals surface area contributed by atoms with Crippen molar-refractivity contribution in [2.24, 2.45) is 23.7 Å². The summed E-state index contributed by atoms with van der Waals surface area (Å²) in [4.78, 5) is 2.72. The molecule has 1 heterocycles. The molecule has 0 radical (unpaired) electrons. The SMILES string of the molecule is C1=CCC2CC=CC(CCN3CCC(Cc4ccccc4)CC3)C2C=C1. The first-order chi connectivity index (χ1) is 12.9. The molecule has 2 aliphatic carbocycles. The summed E-state index contributed by atoms with van der Waals surface area (Å²) in [5, 5.41) is 0. The second-order valence-electron chi connectivity index (χ2n) is 8.48. The van der Waals surface area contributed by atoms with E-state index in [4.69, 9.17) is 0 Å². The Balaban J connectivity index is 1.23. The van der Waals surface area contributed by atoms with Gasteiger partial charge in [0.2, 0.25) is 0 Å². The average Bonchev–Trinajstić information content (AvgIpc) is 2.94. The number of hydrogen-bond donors (Lipinski definition) is 0. The lowest BCUT2D eigenvalue weighted by molar-refractivity contribution is 0.166. The fraction of sp³-hybridized carbons (Fsp3) is 0.520. The van der Waals surface area contributed by atoms with Crippen LogP contribution in [0.2, 0.25) is 0 Å². The number of nitrogens with zero attached hydrogens (tertiary/aromatic N) is 1. The maximum absolute atomic E-state index is 2.72. The zero-order valence-corrected chi connectivity index (χ0v) is 16.0. The first kappa shape index (κ1) is 17.8. The summed E-state index contributed by atoms with van der Waals surface area (Å²) in [5.41, 5.74) is 1.51. The summed E-state index contributed by atoms with van der Waals surface area (Å²) in [6.07, 6.45) is 22.2. The van der Waals surface area contributed by atoms with E-state index < -0.39 is 0 Å². The van der Waals surface area contributed by atoms with Gasteiger partial charge in [0.15, 0.2) is 0 Å². The third kappa shape index (κ3) is 4.57. The van der Waals surface area contributed by atoms with Crippen molar-refractivity contribution in [1.82, 2.24) is 4.90 Å². The number of piperidine rings is 1. The van der Waals surface area contributed by atoms with Gasteiger partial charge in [-0.1, -0.05) is 66.8 Å². The number of allylic oxidation sites excluding steroid dienone is 6. The molecule has 1 saturated heterocycles. The smallest absolute Gasteiger partial charge is 0.00129 e. The summed E-state index contributed by atoms with van der Waals surface area (Å²) in [5.74, 6) is 3.21. The quantitative estimate of drug-likeness (QED) is 0.622. The van der Waals surface area contributed by atoms with Crippen molar-refractivity contribution < 1.29 is 0 Å². The van der Waals surface area contributed by atoms with Crippen molar-refractivity contribution in [3.8, 4) is 0 Å². The summed E-state index contributed by atoms with van der Waals surface area (Å²) in [6.45, 7) is 3.86. The second-order valence-corrected chi connectivity index (χ2v) is 8.48. The number of hydrogen-bond acceptors (Lipinski definition) is 1. The molecule has 0 saturated carbocycles. The molecule has 4 rings (SSSR count). The van der Waals surface area contributed by atoms with Crippen LogP contribution in [0.4, 0.5) is 0 Å². The van der Waals surface area contributed by atoms with Gasteiger partial charge in [-0.2, -0.15) is 0 Å². The van der Waals surface area contributed by atoms with Gasteiger partial charge in [0, 0.05) is 0 Å². The predicted octanol–water partition coefficient (Wildman–Crippen LogP) is 5.66. The number of rotatable bonds is 5. The summed E-state index contributed by atoms with van der Waals surface area (Å²) >= 11 is 0. The lowest BCUT2D eigenvalue weighted by Crippen LogP contribution is -2.36. The first-order valence-electron chi connectivity index (χ1n) is 10.6. The third-order valence-corrected chi connectivity index (χ3v) is 6.73. The zero-order valence-electron chi connectivity index (χ0n) is 16.0. The molecule has 0 amide bonds. The summed E-state index contributed by atoms with van der Waals surface area (Å²) < 4.78 is 0. The molecular formula is C25H33N. The first-order valence-corrected chi connectivity index (χ1v) is 10.6. The fourth-order valence-corrected chi connectivity index (χ4v) is 5.12. The number of benzene rings is 1. The highest BCUT2D eigenvalue weighted by molar-refractivity contribution is 5.16. The molecular weight excluding hydrogens is 314 g/mol. The minimum absolute atomic E-state index is 0.743. The van der Waals surface area contributed by atoms with E-state index in [1.54, 1.807) is 0 Å². The average molecular weight is 348 g/mol. The van der Waals surface area contributed by atoms with Gasteiger partial charge in [0.25, 0.3) is 0 Å². The standard InChI is InChI=1S/C25H33N/c1-3-8-21(9-4-1)20-22-14-17-26(18-15-22)19-16-24-12-7-11-23-10-5-2-6-13-25(23)24/h1-9,12-13,22-25H,10-11,14-20H2. The van der Waals surface area contributed by atoms with Gasteiger partial charge >= 0.3 is 0 Å². The Morgan fingerprint density at radius 3 is 2.54 bits per heavy atom. The largest absolute Gasteiger partial charge is 0.303 e. The number of fused-ring (bicyclic) bond motifs is 1. The minimum atomic E-state index is 0.743. The molecule has 26 heavy (non-hydrogen) atoms.